The highest BCUT2D eigenvalue weighted by Gasteiger charge is 2.58. The summed E-state index contributed by atoms with van der Waals surface area (Å²) in [7, 11) is 5.97. The van der Waals surface area contributed by atoms with Gasteiger partial charge in [-0.15, -0.1) is 0 Å². The van der Waals surface area contributed by atoms with Crippen LogP contribution in [0.25, 0.3) is 0 Å². The number of pyridine rings is 3. The van der Waals surface area contributed by atoms with Gasteiger partial charge in [-0.1, -0.05) is 182 Å². The minimum Gasteiger partial charge on any atom is -0.481 e. The normalized spacial score (nSPS) is 27.1. The molecule has 3 saturated carbocycles. The van der Waals surface area contributed by atoms with Gasteiger partial charge in [-0.2, -0.15) is 0 Å². The van der Waals surface area contributed by atoms with Crippen molar-refractivity contribution in [2.45, 2.75) is 235 Å². The maximum absolute atomic E-state index is 13.9. The summed E-state index contributed by atoms with van der Waals surface area (Å²) in [5.41, 5.74) is 7.94. The van der Waals surface area contributed by atoms with Crippen LogP contribution >= 0.6 is 0 Å². The first kappa shape index (κ1) is 82.6. The lowest BCUT2D eigenvalue weighted by molar-refractivity contribution is -0.165. The number of nitrogens with zero attached hydrogens (tertiary/aromatic N) is 3. The number of ether oxygens (including phenoxy) is 6. The smallest absolute Gasteiger partial charge is 0.324 e. The van der Waals surface area contributed by atoms with Crippen LogP contribution in [-0.2, 0) is 79.1 Å². The molecular weight excluding hydrogens is 1350 g/mol. The molecule has 107 heavy (non-hydrogen) atoms. The van der Waals surface area contributed by atoms with Gasteiger partial charge in [0.2, 0.25) is 17.6 Å². The zero-order valence-corrected chi connectivity index (χ0v) is 64.7. The van der Waals surface area contributed by atoms with E-state index in [1.165, 1.54) is 30.2 Å². The molecule has 3 aromatic carbocycles. The number of carbonyl (C=O) groups excluding carboxylic acids is 5. The van der Waals surface area contributed by atoms with E-state index in [4.69, 9.17) is 28.4 Å². The van der Waals surface area contributed by atoms with Crippen LogP contribution in [0.2, 0.25) is 0 Å². The molecule has 3 aromatic heterocycles. The monoisotopic (exact) mass is 1470 g/mol. The first-order chi connectivity index (χ1) is 50.9. The van der Waals surface area contributed by atoms with E-state index >= 15 is 0 Å². The van der Waals surface area contributed by atoms with Gasteiger partial charge in [-0.3, -0.25) is 24.0 Å². The first-order valence-corrected chi connectivity index (χ1v) is 37.9. The minimum absolute atomic E-state index is 0.0472. The second kappa shape index (κ2) is 36.2. The molecule has 0 saturated heterocycles. The molecule has 7 aliphatic carbocycles. The van der Waals surface area contributed by atoms with Crippen molar-refractivity contribution in [3.05, 3.63) is 202 Å². The number of Topliss-reactive ketones (excluding diaryl/α,β-unsaturated/α-hetero) is 1. The van der Waals surface area contributed by atoms with Gasteiger partial charge in [0, 0.05) is 54.8 Å². The molecule has 576 valence electrons. The summed E-state index contributed by atoms with van der Waals surface area (Å²) in [5.74, 6) is -0.619. The van der Waals surface area contributed by atoms with E-state index in [-0.39, 0.29) is 46.1 Å². The maximum atomic E-state index is 13.9. The Morgan fingerprint density at radius 3 is 1.31 bits per heavy atom. The topological polar surface area (TPSA) is 281 Å². The molecule has 19 heteroatoms. The molecule has 2 bridgehead atoms. The summed E-state index contributed by atoms with van der Waals surface area (Å²) in [6.45, 7) is 22.4. The van der Waals surface area contributed by atoms with E-state index in [2.05, 4.69) is 125 Å². The van der Waals surface area contributed by atoms with Crippen molar-refractivity contribution in [1.29, 1.82) is 0 Å². The highest BCUT2D eigenvalue weighted by Crippen LogP contribution is 2.50. The second-order valence-corrected chi connectivity index (χ2v) is 32.0. The Morgan fingerprint density at radius 2 is 0.907 bits per heavy atom. The Bertz CT molecular complexity index is 4050. The van der Waals surface area contributed by atoms with E-state index in [1.807, 2.05) is 49.4 Å². The van der Waals surface area contributed by atoms with Gasteiger partial charge in [0.1, 0.15) is 30.3 Å². The van der Waals surface area contributed by atoms with Crippen molar-refractivity contribution in [3.8, 4) is 17.6 Å². The number of aliphatic hydroxyl groups is 5. The zero-order valence-electron chi connectivity index (χ0n) is 64.7. The van der Waals surface area contributed by atoms with Crippen molar-refractivity contribution in [1.82, 2.24) is 15.0 Å². The SMILES string of the molecule is C=C(C)C=O.COC(=O)C1c2ccc(OC)nc2CCC1O.COc1ccc2c(n1)CC1C=C(C)C[C@@]2(C(=O)O[C@@H]2CC[C@@H](C(C)(C)c3ccccc3)[C@H](O)C2)C1=O.COc1ccc2c(n1)CCC(O)C2C(=O)O[C@@H]1CC[C@@H](C(C)(C)c2ccccc2)[C@H](O)C1.C[C@@H]1CC[C@@H](C(C)(C)c2ccccc2)[C@H](O)C1. The molecule has 6 aromatic rings. The molecule has 0 aliphatic heterocycles. The van der Waals surface area contributed by atoms with Crippen LogP contribution in [0.5, 0.6) is 17.6 Å². The molecule has 15 atom stereocenters. The van der Waals surface area contributed by atoms with Crippen molar-refractivity contribution >= 4 is 30.0 Å². The predicted octanol–water partition coefficient (Wildman–Crippen LogP) is 13.2. The number of aldehydes is 1. The van der Waals surface area contributed by atoms with Crippen LogP contribution < -0.4 is 14.2 Å². The Hall–Kier alpha value is -8.46. The molecule has 5 unspecified atom stereocenters. The summed E-state index contributed by atoms with van der Waals surface area (Å²) in [4.78, 5) is 74.9. The van der Waals surface area contributed by atoms with E-state index < -0.39 is 71.6 Å². The van der Waals surface area contributed by atoms with Crippen molar-refractivity contribution in [3.63, 3.8) is 0 Å². The van der Waals surface area contributed by atoms with Crippen LogP contribution in [-0.4, -0.2) is 142 Å². The number of aromatic nitrogens is 3. The van der Waals surface area contributed by atoms with Crippen molar-refractivity contribution < 1.29 is 77.9 Å². The number of fused-ring (bicyclic) bond motifs is 6. The lowest BCUT2D eigenvalue weighted by Gasteiger charge is -2.44. The second-order valence-electron chi connectivity index (χ2n) is 32.0. The lowest BCUT2D eigenvalue weighted by Crippen LogP contribution is -2.54. The Balaban J connectivity index is 0.000000169. The maximum Gasteiger partial charge on any atom is 0.324 e. The summed E-state index contributed by atoms with van der Waals surface area (Å²) in [6.07, 6.45) is 8.98. The Kier molecular flexibility index (Phi) is 27.9. The number of carbonyl (C=O) groups is 5. The molecule has 7 aliphatic rings. The molecule has 0 spiro atoms. The number of allylic oxidation sites excluding steroid dienone is 3. The molecular formula is C88H113N3O16. The molecule has 0 radical (unpaired) electrons. The largest absolute Gasteiger partial charge is 0.481 e. The van der Waals surface area contributed by atoms with Crippen LogP contribution in [0.1, 0.15) is 202 Å². The van der Waals surface area contributed by atoms with Crippen LogP contribution in [0.4, 0.5) is 0 Å². The summed E-state index contributed by atoms with van der Waals surface area (Å²) < 4.78 is 32.1. The zero-order chi connectivity index (χ0) is 77.7. The number of esters is 3. The van der Waals surface area contributed by atoms with Crippen LogP contribution in [0.3, 0.4) is 0 Å². The van der Waals surface area contributed by atoms with Gasteiger partial charge in [-0.25, -0.2) is 15.0 Å². The molecule has 3 heterocycles. The van der Waals surface area contributed by atoms with E-state index in [0.717, 1.165) is 54.5 Å². The van der Waals surface area contributed by atoms with Gasteiger partial charge in [0.15, 0.2) is 11.2 Å². The third kappa shape index (κ3) is 19.0. The van der Waals surface area contributed by atoms with Gasteiger partial charge in [0.25, 0.3) is 0 Å². The number of rotatable bonds is 15. The first-order valence-electron chi connectivity index (χ1n) is 37.9. The number of hydrogen-bond acceptors (Lipinski definition) is 19. The van der Waals surface area contributed by atoms with Crippen LogP contribution in [0, 0.1) is 29.6 Å². The Morgan fingerprint density at radius 1 is 0.514 bits per heavy atom. The van der Waals surface area contributed by atoms with E-state index in [0.29, 0.717) is 116 Å². The lowest BCUT2D eigenvalue weighted by atomic mass is 9.60. The minimum atomic E-state index is -1.39. The quantitative estimate of drug-likeness (QED) is 0.0159. The van der Waals surface area contributed by atoms with Crippen LogP contribution in [0.15, 0.2) is 151 Å². The number of aliphatic hydroxyl groups excluding tert-OH is 5. The average Bonchev–Trinajstić information content (AvgIpc) is 0.716. The Labute approximate surface area is 632 Å². The predicted molar refractivity (Wildman–Crippen MR) is 409 cm³/mol. The standard InChI is InChI=1S/C30H35NO5.C26H33NO5.C16H24O.C12H15NO4.C4H6O/c1-18-14-19-15-24-22(12-13-26(31-24)35-4)30(17-18,27(19)33)28(34)36-21-10-11-23(25(32)16-21)29(2,3)20-8-6-5-7-9-20;1-26(2,16-7-5-4-6-8-16)19-11-9-17(15-22(19)29)32-25(30)24-18-10-14-23(31-3)27-20(18)12-13-21(24)28;1-12-9-10-14(15(17)11-12)16(2,3)13-7-5-4-6-8-13;1-16-10-6-3-7-8(13-10)4-5-9(14)11(7)12(15)17-2;1-4(2)3-5/h5-9,12-14,19,21,23,25,32H,10-11,15-17H2,1-4H3;4-8,10,14,17,19,21-22,24,28-29H,9,11-13,15H2,1-3H3;4-8,12,14-15,17H,9-11H2,1-3H3;3,6,9,11,14H,4-5H2,1-2H3;3H,1H2,2H3/t19?,21-,23-,25-,30+;17-,19-,21?,22-,24?;12-,14-,15-;;/m111../s1. The molecule has 3 fully saturated rings. The fourth-order valence-electron chi connectivity index (χ4n) is 17.5. The third-order valence-corrected chi connectivity index (χ3v) is 23.8. The number of benzene rings is 3. The molecule has 19 nitrogen and oxygen atoms in total. The van der Waals surface area contributed by atoms with Crippen molar-refractivity contribution in [2.24, 2.45) is 29.6 Å². The van der Waals surface area contributed by atoms with Gasteiger partial charge in [0.05, 0.1) is 64.7 Å². The number of hydrogen-bond donors (Lipinski definition) is 5. The molecule has 5 N–H and O–H groups in total. The average molecular weight is 1470 g/mol. The van der Waals surface area contributed by atoms with Gasteiger partial charge in [-0.05, 0) is 163 Å². The van der Waals surface area contributed by atoms with E-state index in [1.54, 1.807) is 64.7 Å². The highest BCUT2D eigenvalue weighted by molar-refractivity contribution is 6.13. The van der Waals surface area contributed by atoms with E-state index in [9.17, 15) is 49.5 Å². The summed E-state index contributed by atoms with van der Waals surface area (Å²) in [6, 6.07) is 41.5. The molecule has 13 rings (SSSR count). The van der Waals surface area contributed by atoms with Gasteiger partial charge < -0.3 is 54.0 Å². The third-order valence-electron chi connectivity index (χ3n) is 23.8. The summed E-state index contributed by atoms with van der Waals surface area (Å²) >= 11 is 0. The fraction of sp³-hybridized carbons (Fsp3) is 0.523. The fourth-order valence-corrected chi connectivity index (χ4v) is 17.5. The van der Waals surface area contributed by atoms with Crippen molar-refractivity contribution in [2.75, 3.05) is 28.4 Å². The summed E-state index contributed by atoms with van der Waals surface area (Å²) in [5, 5.41) is 52.9. The highest BCUT2D eigenvalue weighted by atomic mass is 16.6. The molecule has 0 amide bonds. The number of methoxy groups -OCH3 is 4. The number of ketones is 1. The number of aryl methyl sites for hydroxylation is 2. The van der Waals surface area contributed by atoms with Gasteiger partial charge >= 0.3 is 17.9 Å².